The van der Waals surface area contributed by atoms with Gasteiger partial charge in [0.2, 0.25) is 5.91 Å². The minimum Gasteiger partial charge on any atom is -0.325 e. The van der Waals surface area contributed by atoms with Crippen molar-refractivity contribution in [1.82, 2.24) is 13.9 Å². The van der Waals surface area contributed by atoms with Gasteiger partial charge in [-0.05, 0) is 74.0 Å². The Morgan fingerprint density at radius 3 is 2.31 bits per heavy atom. The number of amides is 1. The lowest BCUT2D eigenvalue weighted by Crippen LogP contribution is -2.40. The summed E-state index contributed by atoms with van der Waals surface area (Å²) in [5.74, 6) is 0.369. The normalized spacial score (nSPS) is 12.9. The molecule has 2 aromatic carbocycles. The van der Waals surface area contributed by atoms with Crippen LogP contribution < -0.4 is 5.32 Å². The predicted molar refractivity (Wildman–Crippen MR) is 140 cm³/mol. The zero-order valence-electron chi connectivity index (χ0n) is 20.3. The van der Waals surface area contributed by atoms with E-state index < -0.39 is 10.0 Å². The molecule has 8 heteroatoms. The van der Waals surface area contributed by atoms with Gasteiger partial charge >= 0.3 is 0 Å². The summed E-state index contributed by atoms with van der Waals surface area (Å²) in [5, 5.41) is 3.74. The number of nitrogens with zero attached hydrogens (tertiary/aromatic N) is 3. The number of hydrogen-bond donors (Lipinski definition) is 1. The summed E-state index contributed by atoms with van der Waals surface area (Å²) >= 11 is 0. The van der Waals surface area contributed by atoms with Crippen LogP contribution in [0.4, 0.5) is 5.69 Å². The van der Waals surface area contributed by atoms with E-state index in [4.69, 9.17) is 0 Å². The largest absolute Gasteiger partial charge is 0.325 e. The highest BCUT2D eigenvalue weighted by molar-refractivity contribution is 7.90. The van der Waals surface area contributed by atoms with Crippen molar-refractivity contribution in [2.24, 2.45) is 5.92 Å². The fraction of sp³-hybridized carbons (Fsp3) is 0.259. The second-order valence-electron chi connectivity index (χ2n) is 9.20. The topological polar surface area (TPSA) is 84.3 Å². The maximum atomic E-state index is 13.2. The first-order valence-corrected chi connectivity index (χ1v) is 13.0. The number of rotatable bonds is 8. The number of hydrogen-bond acceptors (Lipinski definition) is 5. The molecule has 0 radical (unpaired) electrons. The number of anilines is 1. The van der Waals surface area contributed by atoms with Crippen molar-refractivity contribution >= 4 is 32.7 Å². The summed E-state index contributed by atoms with van der Waals surface area (Å²) in [4.78, 5) is 19.3. The van der Waals surface area contributed by atoms with Crippen LogP contribution in [0.3, 0.4) is 0 Å². The number of carbonyl (C=O) groups excluding carboxylic acids is 1. The molecule has 0 bridgehead atoms. The first-order chi connectivity index (χ1) is 16.7. The minimum absolute atomic E-state index is 0.0362. The smallest absolute Gasteiger partial charge is 0.269 e. The lowest BCUT2D eigenvalue weighted by Gasteiger charge is -2.25. The van der Waals surface area contributed by atoms with Gasteiger partial charge in [-0.15, -0.1) is 0 Å². The molecule has 0 saturated carbocycles. The summed E-state index contributed by atoms with van der Waals surface area (Å²) in [6, 6.07) is 19.3. The average Bonchev–Trinajstić information content (AvgIpc) is 3.28. The molecule has 7 nitrogen and oxygen atoms in total. The van der Waals surface area contributed by atoms with Gasteiger partial charge < -0.3 is 5.32 Å². The van der Waals surface area contributed by atoms with Gasteiger partial charge in [-0.3, -0.25) is 9.69 Å². The Morgan fingerprint density at radius 1 is 1.00 bits per heavy atom. The minimum atomic E-state index is -3.76. The van der Waals surface area contributed by atoms with Crippen LogP contribution in [0.15, 0.2) is 84.0 Å². The van der Waals surface area contributed by atoms with E-state index in [2.05, 4.69) is 24.1 Å². The van der Waals surface area contributed by atoms with Gasteiger partial charge in [-0.2, -0.15) is 0 Å². The molecule has 35 heavy (non-hydrogen) atoms. The fourth-order valence-corrected chi connectivity index (χ4v) is 5.45. The van der Waals surface area contributed by atoms with E-state index in [-0.39, 0.29) is 16.8 Å². The van der Waals surface area contributed by atoms with Crippen LogP contribution in [-0.4, -0.2) is 48.3 Å². The molecular weight excluding hydrogens is 460 g/mol. The summed E-state index contributed by atoms with van der Waals surface area (Å²) in [7, 11) is 0.0597. The molecule has 0 spiro atoms. The number of fused-ring (bicyclic) bond motifs is 1. The third-order valence-corrected chi connectivity index (χ3v) is 7.62. The molecule has 1 amide bonds. The maximum absolute atomic E-state index is 13.2. The highest BCUT2D eigenvalue weighted by atomic mass is 32.2. The SMILES string of the molecule is CC(C)C[C@H](C(=O)Nc1ccc(-c2ccnc3c2ccn3S(=O)(=O)c2ccccc2)cc1)N(C)C. The van der Waals surface area contributed by atoms with Crippen LogP contribution in [0.5, 0.6) is 0 Å². The van der Waals surface area contributed by atoms with Crippen molar-refractivity contribution in [1.29, 1.82) is 0 Å². The second kappa shape index (κ2) is 10.0. The third kappa shape index (κ3) is 5.13. The van der Waals surface area contributed by atoms with Crippen LogP contribution in [0, 0.1) is 5.92 Å². The number of aromatic nitrogens is 2. The average molecular weight is 491 g/mol. The van der Waals surface area contributed by atoms with Gasteiger partial charge in [0.05, 0.1) is 10.9 Å². The Labute approximate surface area is 206 Å². The van der Waals surface area contributed by atoms with Gasteiger partial charge in [0.15, 0.2) is 5.65 Å². The summed E-state index contributed by atoms with van der Waals surface area (Å²) in [6.07, 6.45) is 3.92. The van der Waals surface area contributed by atoms with Gasteiger partial charge in [0, 0.05) is 23.5 Å². The molecule has 4 rings (SSSR count). The van der Waals surface area contributed by atoms with Crippen LogP contribution in [-0.2, 0) is 14.8 Å². The van der Waals surface area contributed by atoms with E-state index in [1.807, 2.05) is 49.3 Å². The Balaban J connectivity index is 1.62. The second-order valence-corrected chi connectivity index (χ2v) is 11.0. The predicted octanol–water partition coefficient (Wildman–Crippen LogP) is 4.86. The molecule has 182 valence electrons. The van der Waals surface area contributed by atoms with Gasteiger partial charge in [-0.1, -0.05) is 44.2 Å². The van der Waals surface area contributed by atoms with Crippen molar-refractivity contribution in [3.8, 4) is 11.1 Å². The van der Waals surface area contributed by atoms with E-state index in [1.54, 1.807) is 42.6 Å². The summed E-state index contributed by atoms with van der Waals surface area (Å²) in [6.45, 7) is 4.21. The van der Waals surface area contributed by atoms with Crippen molar-refractivity contribution in [3.05, 3.63) is 79.1 Å². The highest BCUT2D eigenvalue weighted by Crippen LogP contribution is 2.31. The van der Waals surface area contributed by atoms with Crippen molar-refractivity contribution in [2.45, 2.75) is 31.2 Å². The van der Waals surface area contributed by atoms with Crippen LogP contribution in [0.1, 0.15) is 20.3 Å². The van der Waals surface area contributed by atoms with E-state index in [0.717, 1.165) is 22.9 Å². The summed E-state index contributed by atoms with van der Waals surface area (Å²) in [5.41, 5.74) is 2.84. The molecule has 0 fully saturated rings. The van der Waals surface area contributed by atoms with E-state index >= 15 is 0 Å². The Bertz CT molecular complexity index is 1430. The Morgan fingerprint density at radius 2 is 1.69 bits per heavy atom. The molecular formula is C27H30N4O3S. The van der Waals surface area contributed by atoms with Crippen LogP contribution in [0.25, 0.3) is 22.2 Å². The zero-order chi connectivity index (χ0) is 25.2. The van der Waals surface area contributed by atoms with Crippen molar-refractivity contribution < 1.29 is 13.2 Å². The fourth-order valence-electron chi connectivity index (χ4n) is 4.12. The third-order valence-electron chi connectivity index (χ3n) is 5.94. The molecule has 1 atom stereocenters. The Hall–Kier alpha value is -3.49. The van der Waals surface area contributed by atoms with Crippen molar-refractivity contribution in [2.75, 3.05) is 19.4 Å². The van der Waals surface area contributed by atoms with Gasteiger partial charge in [-0.25, -0.2) is 17.4 Å². The lowest BCUT2D eigenvalue weighted by molar-refractivity contribution is -0.120. The highest BCUT2D eigenvalue weighted by Gasteiger charge is 2.23. The molecule has 0 aliphatic rings. The standard InChI is InChI=1S/C27H30N4O3S/c1-19(2)18-25(30(3)4)27(32)29-21-12-10-20(11-13-21)23-14-16-28-26-24(23)15-17-31(26)35(33,34)22-8-6-5-7-9-22/h5-17,19,25H,18H2,1-4H3,(H,29,32)/t25-/m1/s1. The lowest BCUT2D eigenvalue weighted by atomic mass is 10.0. The molecule has 0 aliphatic heterocycles. The molecule has 0 unspecified atom stereocenters. The van der Waals surface area contributed by atoms with Gasteiger partial charge in [0.1, 0.15) is 0 Å². The molecule has 0 saturated heterocycles. The quantitative estimate of drug-likeness (QED) is 0.382. The number of benzene rings is 2. The first kappa shape index (κ1) is 24.6. The zero-order valence-corrected chi connectivity index (χ0v) is 21.2. The van der Waals surface area contributed by atoms with E-state index in [0.29, 0.717) is 17.3 Å². The van der Waals surface area contributed by atoms with E-state index in [9.17, 15) is 13.2 Å². The molecule has 2 aromatic heterocycles. The maximum Gasteiger partial charge on any atom is 0.269 e. The number of pyridine rings is 1. The van der Waals surface area contributed by atoms with E-state index in [1.165, 1.54) is 10.2 Å². The molecule has 2 heterocycles. The number of nitrogens with one attached hydrogen (secondary N) is 1. The summed E-state index contributed by atoms with van der Waals surface area (Å²) < 4.78 is 27.5. The molecule has 4 aromatic rings. The number of carbonyl (C=O) groups is 1. The van der Waals surface area contributed by atoms with Crippen molar-refractivity contribution in [3.63, 3.8) is 0 Å². The first-order valence-electron chi connectivity index (χ1n) is 11.5. The monoisotopic (exact) mass is 490 g/mol. The molecule has 0 aliphatic carbocycles. The Kier molecular flexibility index (Phi) is 7.05. The van der Waals surface area contributed by atoms with Gasteiger partial charge in [0.25, 0.3) is 10.0 Å². The molecule has 1 N–H and O–H groups in total. The van der Waals surface area contributed by atoms with Crippen LogP contribution in [0.2, 0.25) is 0 Å². The van der Waals surface area contributed by atoms with Crippen LogP contribution >= 0.6 is 0 Å². The number of likely N-dealkylation sites (N-methyl/N-ethyl adjacent to an activating group) is 1.